The smallest absolute Gasteiger partial charge is 0.384 e. The molecule has 9 heteroatoms. The van der Waals surface area contributed by atoms with Gasteiger partial charge in [0.05, 0.1) is 12.6 Å². The highest BCUT2D eigenvalue weighted by molar-refractivity contribution is 8.13. The standard InChI is InChI=1S/C11H18F3N3O2S/c1-3-16-10(20-2)9(19)7(17-8(18)6-15)4-5-11(12,13)14/h3,7,9,19H,1,4-6,15H2,2H3,(H,17,18). The van der Waals surface area contributed by atoms with Gasteiger partial charge in [0.2, 0.25) is 5.91 Å². The van der Waals surface area contributed by atoms with Crippen LogP contribution in [-0.2, 0) is 4.79 Å². The molecule has 0 aromatic rings. The normalized spacial score (nSPS) is 15.6. The SMILES string of the molecule is C=CN=C(SC)C(O)C(CCC(F)(F)F)NC(=O)CN. The third-order valence-electron chi connectivity index (χ3n) is 2.33. The second kappa shape index (κ2) is 8.98. The van der Waals surface area contributed by atoms with Gasteiger partial charge in [-0.1, -0.05) is 6.58 Å². The average molecular weight is 313 g/mol. The van der Waals surface area contributed by atoms with E-state index in [0.29, 0.717) is 0 Å². The summed E-state index contributed by atoms with van der Waals surface area (Å²) in [6, 6.07) is -1.11. The number of nitrogens with one attached hydrogen (secondary N) is 1. The van der Waals surface area contributed by atoms with Crippen molar-refractivity contribution in [2.45, 2.75) is 31.2 Å². The van der Waals surface area contributed by atoms with Crippen LogP contribution in [0.1, 0.15) is 12.8 Å². The molecule has 0 rings (SSSR count). The van der Waals surface area contributed by atoms with Crippen molar-refractivity contribution >= 4 is 22.7 Å². The molecule has 0 aromatic heterocycles. The summed E-state index contributed by atoms with van der Waals surface area (Å²) in [5.41, 5.74) is 5.10. The van der Waals surface area contributed by atoms with E-state index in [2.05, 4.69) is 16.9 Å². The summed E-state index contributed by atoms with van der Waals surface area (Å²) in [5, 5.41) is 12.5. The molecule has 0 fully saturated rings. The summed E-state index contributed by atoms with van der Waals surface area (Å²) in [4.78, 5) is 15.0. The van der Waals surface area contributed by atoms with E-state index in [0.717, 1.165) is 11.8 Å². The van der Waals surface area contributed by atoms with Gasteiger partial charge in [-0.05, 0) is 12.7 Å². The van der Waals surface area contributed by atoms with Crippen molar-refractivity contribution in [1.29, 1.82) is 0 Å². The average Bonchev–Trinajstić information content (AvgIpc) is 2.38. The Morgan fingerprint density at radius 1 is 1.60 bits per heavy atom. The number of aliphatic hydroxyl groups is 1. The highest BCUT2D eigenvalue weighted by atomic mass is 32.2. The van der Waals surface area contributed by atoms with Gasteiger partial charge in [-0.3, -0.25) is 9.79 Å². The van der Waals surface area contributed by atoms with E-state index in [4.69, 9.17) is 5.73 Å². The van der Waals surface area contributed by atoms with Crippen LogP contribution < -0.4 is 11.1 Å². The molecule has 1 amide bonds. The Morgan fingerprint density at radius 3 is 2.60 bits per heavy atom. The Balaban J connectivity index is 4.94. The molecule has 0 aliphatic carbocycles. The van der Waals surface area contributed by atoms with Crippen LogP contribution in [0.5, 0.6) is 0 Å². The number of nitrogens with zero attached hydrogens (tertiary/aromatic N) is 1. The monoisotopic (exact) mass is 313 g/mol. The number of alkyl halides is 3. The van der Waals surface area contributed by atoms with E-state index in [9.17, 15) is 23.1 Å². The Bertz CT molecular complexity index is 361. The highest BCUT2D eigenvalue weighted by Crippen LogP contribution is 2.24. The van der Waals surface area contributed by atoms with Crippen molar-refractivity contribution in [1.82, 2.24) is 5.32 Å². The van der Waals surface area contributed by atoms with Crippen LogP contribution in [0.15, 0.2) is 17.8 Å². The van der Waals surface area contributed by atoms with Crippen molar-refractivity contribution in [3.63, 3.8) is 0 Å². The molecule has 0 spiro atoms. The zero-order valence-electron chi connectivity index (χ0n) is 11.0. The lowest BCUT2D eigenvalue weighted by atomic mass is 10.1. The number of rotatable bonds is 7. The number of amides is 1. The molecule has 0 aromatic carbocycles. The zero-order chi connectivity index (χ0) is 15.8. The van der Waals surface area contributed by atoms with Crippen molar-refractivity contribution in [3.05, 3.63) is 12.8 Å². The number of thioether (sulfide) groups is 1. The number of aliphatic imine (C=N–C) groups is 1. The number of aliphatic hydroxyl groups excluding tert-OH is 1. The number of hydrogen-bond donors (Lipinski definition) is 3. The molecule has 0 aliphatic heterocycles. The van der Waals surface area contributed by atoms with Crippen LogP contribution in [-0.4, -0.2) is 47.2 Å². The highest BCUT2D eigenvalue weighted by Gasteiger charge is 2.32. The summed E-state index contributed by atoms with van der Waals surface area (Å²) in [6.45, 7) is 2.98. The number of carbonyl (C=O) groups is 1. The maximum atomic E-state index is 12.3. The molecule has 0 aliphatic rings. The van der Waals surface area contributed by atoms with Crippen LogP contribution in [0.2, 0.25) is 0 Å². The molecule has 0 radical (unpaired) electrons. The number of nitrogens with two attached hydrogens (primary N) is 1. The zero-order valence-corrected chi connectivity index (χ0v) is 11.8. The summed E-state index contributed by atoms with van der Waals surface area (Å²) < 4.78 is 36.8. The third-order valence-corrected chi connectivity index (χ3v) is 3.10. The van der Waals surface area contributed by atoms with Gasteiger partial charge in [0, 0.05) is 12.6 Å². The van der Waals surface area contributed by atoms with E-state index < -0.39 is 37.1 Å². The van der Waals surface area contributed by atoms with E-state index in [-0.39, 0.29) is 11.6 Å². The molecular formula is C11H18F3N3O2S. The summed E-state index contributed by atoms with van der Waals surface area (Å²) in [6.07, 6.45) is -4.54. The van der Waals surface area contributed by atoms with Crippen molar-refractivity contribution in [2.75, 3.05) is 12.8 Å². The number of carbonyl (C=O) groups excluding carboxylic acids is 1. The minimum atomic E-state index is -4.37. The molecule has 0 saturated carbocycles. The Kier molecular flexibility index (Phi) is 8.51. The van der Waals surface area contributed by atoms with Crippen LogP contribution >= 0.6 is 11.8 Å². The molecule has 0 bridgehead atoms. The minimum absolute atomic E-state index is 0.171. The van der Waals surface area contributed by atoms with Crippen LogP contribution in [0.4, 0.5) is 13.2 Å². The van der Waals surface area contributed by atoms with Crippen LogP contribution in [0.3, 0.4) is 0 Å². The van der Waals surface area contributed by atoms with Gasteiger partial charge in [0.1, 0.15) is 11.1 Å². The molecule has 4 N–H and O–H groups in total. The summed E-state index contributed by atoms with van der Waals surface area (Å²) >= 11 is 1.06. The third kappa shape index (κ3) is 7.51. The van der Waals surface area contributed by atoms with E-state index >= 15 is 0 Å². The van der Waals surface area contributed by atoms with Gasteiger partial charge in [-0.15, -0.1) is 11.8 Å². The molecule has 2 unspecified atom stereocenters. The predicted molar refractivity (Wildman–Crippen MR) is 73.4 cm³/mol. The first-order chi connectivity index (χ1) is 9.25. The Labute approximate surface area is 119 Å². The molecule has 116 valence electrons. The lowest BCUT2D eigenvalue weighted by Gasteiger charge is -2.24. The van der Waals surface area contributed by atoms with Crippen LogP contribution in [0.25, 0.3) is 0 Å². The van der Waals surface area contributed by atoms with Crippen molar-refractivity contribution < 1.29 is 23.1 Å². The second-order valence-electron chi connectivity index (χ2n) is 3.83. The largest absolute Gasteiger partial charge is 0.389 e. The molecule has 5 nitrogen and oxygen atoms in total. The predicted octanol–water partition coefficient (Wildman–Crippen LogP) is 1.04. The maximum absolute atomic E-state index is 12.3. The molecule has 2 atom stereocenters. The maximum Gasteiger partial charge on any atom is 0.389 e. The van der Waals surface area contributed by atoms with Gasteiger partial charge in [-0.2, -0.15) is 13.2 Å². The first-order valence-electron chi connectivity index (χ1n) is 5.72. The summed E-state index contributed by atoms with van der Waals surface area (Å²) in [5.74, 6) is -0.643. The van der Waals surface area contributed by atoms with Gasteiger partial charge in [-0.25, -0.2) is 0 Å². The summed E-state index contributed by atoms with van der Waals surface area (Å²) in [7, 11) is 0. The quantitative estimate of drug-likeness (QED) is 0.484. The molecule has 20 heavy (non-hydrogen) atoms. The van der Waals surface area contributed by atoms with Crippen LogP contribution in [0, 0.1) is 0 Å². The van der Waals surface area contributed by atoms with Gasteiger partial charge in [0.25, 0.3) is 0 Å². The van der Waals surface area contributed by atoms with E-state index in [1.54, 1.807) is 6.26 Å². The molecule has 0 saturated heterocycles. The lowest BCUT2D eigenvalue weighted by molar-refractivity contribution is -0.139. The molecular weight excluding hydrogens is 295 g/mol. The van der Waals surface area contributed by atoms with Crippen molar-refractivity contribution in [3.8, 4) is 0 Å². The fourth-order valence-corrected chi connectivity index (χ4v) is 1.99. The second-order valence-corrected chi connectivity index (χ2v) is 4.66. The Hall–Kier alpha value is -1.06. The molecule has 0 heterocycles. The van der Waals surface area contributed by atoms with Gasteiger partial charge < -0.3 is 16.2 Å². The van der Waals surface area contributed by atoms with E-state index in [1.807, 2.05) is 0 Å². The fraction of sp³-hybridized carbons (Fsp3) is 0.636. The first-order valence-corrected chi connectivity index (χ1v) is 6.94. The van der Waals surface area contributed by atoms with Gasteiger partial charge in [0.15, 0.2) is 0 Å². The minimum Gasteiger partial charge on any atom is -0.384 e. The number of halogens is 3. The van der Waals surface area contributed by atoms with Gasteiger partial charge >= 0.3 is 6.18 Å². The lowest BCUT2D eigenvalue weighted by Crippen LogP contribution is -2.48. The van der Waals surface area contributed by atoms with E-state index in [1.165, 1.54) is 6.20 Å². The first kappa shape index (κ1) is 18.9. The topological polar surface area (TPSA) is 87.7 Å². The number of hydrogen-bond acceptors (Lipinski definition) is 5. The fourth-order valence-electron chi connectivity index (χ4n) is 1.41. The van der Waals surface area contributed by atoms with Crippen molar-refractivity contribution in [2.24, 2.45) is 10.7 Å². The Morgan fingerprint density at radius 2 is 2.20 bits per heavy atom.